The van der Waals surface area contributed by atoms with Crippen molar-refractivity contribution in [2.75, 3.05) is 5.75 Å². The summed E-state index contributed by atoms with van der Waals surface area (Å²) in [5.41, 5.74) is 3.24. The van der Waals surface area contributed by atoms with E-state index in [-0.39, 0.29) is 11.4 Å². The topological polar surface area (TPSA) is 59.3 Å². The fraction of sp³-hybridized carbons (Fsp3) is 0.714. The maximum absolute atomic E-state index is 12.0. The van der Waals surface area contributed by atoms with Gasteiger partial charge in [-0.1, -0.05) is 0 Å². The Morgan fingerprint density at radius 1 is 1.37 bits per heavy atom. The molecule has 3 rings (SSSR count). The first kappa shape index (κ1) is 13.2. The summed E-state index contributed by atoms with van der Waals surface area (Å²) in [5.74, 6) is 0.336. The molecule has 106 valence electrons. The molecule has 0 bridgehead atoms. The Morgan fingerprint density at radius 3 is 2.84 bits per heavy atom. The minimum Gasteiger partial charge on any atom is -0.388 e. The van der Waals surface area contributed by atoms with Gasteiger partial charge in [0.05, 0.1) is 17.1 Å². The monoisotopic (exact) mass is 283 g/mol. The number of hydrogen-bond donors (Lipinski definition) is 1. The van der Waals surface area contributed by atoms with Gasteiger partial charge in [0.25, 0.3) is 0 Å². The maximum Gasteiger partial charge on any atom is 0.154 e. The van der Waals surface area contributed by atoms with Gasteiger partial charge in [-0.05, 0) is 45.1 Å². The van der Waals surface area contributed by atoms with Crippen molar-refractivity contribution in [3.8, 4) is 0 Å². The Bertz CT molecular complexity index is 588. The first-order chi connectivity index (χ1) is 8.99. The van der Waals surface area contributed by atoms with Crippen molar-refractivity contribution in [3.63, 3.8) is 0 Å². The second-order valence-corrected chi connectivity index (χ2v) is 8.24. The molecule has 2 atom stereocenters. The van der Waals surface area contributed by atoms with Crippen LogP contribution in [0.3, 0.4) is 0 Å². The van der Waals surface area contributed by atoms with E-state index in [9.17, 15) is 13.5 Å². The Hall–Kier alpha value is -0.810. The summed E-state index contributed by atoms with van der Waals surface area (Å²) >= 11 is 0. The largest absolute Gasteiger partial charge is 0.388 e. The lowest BCUT2D eigenvalue weighted by Gasteiger charge is -2.22. The summed E-state index contributed by atoms with van der Waals surface area (Å²) in [6.07, 6.45) is 3.94. The highest BCUT2D eigenvalue weighted by atomic mass is 32.2. The van der Waals surface area contributed by atoms with E-state index in [0.717, 1.165) is 49.1 Å². The van der Waals surface area contributed by atoms with Crippen LogP contribution in [0.1, 0.15) is 48.7 Å². The van der Waals surface area contributed by atoms with Crippen LogP contribution in [0.25, 0.3) is 0 Å². The van der Waals surface area contributed by atoms with Gasteiger partial charge in [-0.15, -0.1) is 0 Å². The number of aliphatic hydroxyl groups excluding tert-OH is 1. The molecule has 1 saturated heterocycles. The van der Waals surface area contributed by atoms with Gasteiger partial charge in [-0.2, -0.15) is 0 Å². The van der Waals surface area contributed by atoms with E-state index in [2.05, 4.69) is 4.57 Å². The van der Waals surface area contributed by atoms with Gasteiger partial charge >= 0.3 is 0 Å². The van der Waals surface area contributed by atoms with Crippen molar-refractivity contribution in [2.24, 2.45) is 0 Å². The van der Waals surface area contributed by atoms with Crippen LogP contribution in [-0.2, 0) is 22.8 Å². The molecular weight excluding hydrogens is 262 g/mol. The van der Waals surface area contributed by atoms with Crippen LogP contribution in [-0.4, -0.2) is 29.1 Å². The van der Waals surface area contributed by atoms with Gasteiger partial charge in [0.15, 0.2) is 9.84 Å². The fourth-order valence-corrected chi connectivity index (χ4v) is 5.27. The van der Waals surface area contributed by atoms with Crippen LogP contribution in [0, 0.1) is 6.92 Å². The van der Waals surface area contributed by atoms with Crippen LogP contribution in [0.4, 0.5) is 0 Å². The Labute approximate surface area is 114 Å². The summed E-state index contributed by atoms with van der Waals surface area (Å²) in [5, 5.41) is 9.80. The van der Waals surface area contributed by atoms with Crippen molar-refractivity contribution in [1.82, 2.24) is 4.57 Å². The van der Waals surface area contributed by atoms with Crippen molar-refractivity contribution in [2.45, 2.75) is 56.9 Å². The van der Waals surface area contributed by atoms with Crippen molar-refractivity contribution < 1.29 is 13.5 Å². The molecule has 5 heteroatoms. The van der Waals surface area contributed by atoms with Gasteiger partial charge in [0.2, 0.25) is 0 Å². The molecule has 2 aliphatic rings. The lowest BCUT2D eigenvalue weighted by molar-refractivity contribution is 0.155. The molecule has 1 aliphatic carbocycles. The normalized spacial score (nSPS) is 29.4. The first-order valence-electron chi connectivity index (χ1n) is 7.07. The van der Waals surface area contributed by atoms with E-state index in [1.165, 1.54) is 0 Å². The zero-order valence-corrected chi connectivity index (χ0v) is 12.1. The minimum absolute atomic E-state index is 0.234. The molecule has 2 heterocycles. The number of nitrogens with zero attached hydrogens (tertiary/aromatic N) is 1. The third-order valence-corrected chi connectivity index (χ3v) is 6.81. The SMILES string of the molecule is Cc1cc2c(n1CC1CCCS1(=O)=O)CCCC2O. The maximum atomic E-state index is 12.0. The molecule has 0 spiro atoms. The number of sulfone groups is 1. The molecule has 0 saturated carbocycles. The third kappa shape index (κ3) is 2.23. The lowest BCUT2D eigenvalue weighted by atomic mass is 9.95. The van der Waals surface area contributed by atoms with Crippen LogP contribution in [0.2, 0.25) is 0 Å². The van der Waals surface area contributed by atoms with E-state index in [4.69, 9.17) is 0 Å². The number of hydrogen-bond acceptors (Lipinski definition) is 3. The van der Waals surface area contributed by atoms with Crippen LogP contribution in [0.5, 0.6) is 0 Å². The highest BCUT2D eigenvalue weighted by molar-refractivity contribution is 7.92. The average Bonchev–Trinajstić information content (AvgIpc) is 2.83. The smallest absolute Gasteiger partial charge is 0.154 e. The van der Waals surface area contributed by atoms with Crippen LogP contribution >= 0.6 is 0 Å². The summed E-state index contributed by atoms with van der Waals surface area (Å²) in [7, 11) is -2.90. The van der Waals surface area contributed by atoms with E-state index in [1.54, 1.807) is 0 Å². The fourth-order valence-electron chi connectivity index (χ4n) is 3.46. The molecule has 0 aromatic carbocycles. The van der Waals surface area contributed by atoms with Crippen molar-refractivity contribution >= 4 is 9.84 Å². The molecule has 1 aliphatic heterocycles. The molecule has 0 radical (unpaired) electrons. The number of aliphatic hydroxyl groups is 1. The predicted octanol–water partition coefficient (Wildman–Crippen LogP) is 1.74. The standard InChI is InChI=1S/C14H21NO3S/c1-10-8-12-13(5-2-6-14(12)16)15(10)9-11-4-3-7-19(11,17)18/h8,11,14,16H,2-7,9H2,1H3. The average molecular weight is 283 g/mol. The number of fused-ring (bicyclic) bond motifs is 1. The van der Waals surface area contributed by atoms with E-state index >= 15 is 0 Å². The second-order valence-electron chi connectivity index (χ2n) is 5.84. The van der Waals surface area contributed by atoms with Gasteiger partial charge in [0.1, 0.15) is 0 Å². The molecule has 4 nitrogen and oxygen atoms in total. The zero-order valence-electron chi connectivity index (χ0n) is 11.3. The molecule has 1 aromatic rings. The Balaban J connectivity index is 1.93. The van der Waals surface area contributed by atoms with E-state index in [1.807, 2.05) is 13.0 Å². The summed E-state index contributed by atoms with van der Waals surface area (Å²) in [4.78, 5) is 0. The highest BCUT2D eigenvalue weighted by Gasteiger charge is 2.33. The molecule has 1 N–H and O–H groups in total. The Morgan fingerprint density at radius 2 is 2.16 bits per heavy atom. The minimum atomic E-state index is -2.90. The van der Waals surface area contributed by atoms with Crippen LogP contribution < -0.4 is 0 Å². The highest BCUT2D eigenvalue weighted by Crippen LogP contribution is 2.33. The molecular formula is C14H21NO3S. The van der Waals surface area contributed by atoms with E-state index in [0.29, 0.717) is 12.3 Å². The van der Waals surface area contributed by atoms with Gasteiger partial charge in [-0.3, -0.25) is 0 Å². The molecule has 0 amide bonds. The lowest BCUT2D eigenvalue weighted by Crippen LogP contribution is -2.24. The summed E-state index contributed by atoms with van der Waals surface area (Å²) in [6, 6.07) is 2.03. The predicted molar refractivity (Wildman–Crippen MR) is 73.9 cm³/mol. The molecule has 2 unspecified atom stereocenters. The number of aryl methyl sites for hydroxylation is 1. The number of rotatable bonds is 2. The first-order valence-corrected chi connectivity index (χ1v) is 8.79. The van der Waals surface area contributed by atoms with E-state index < -0.39 is 9.84 Å². The third-order valence-electron chi connectivity index (χ3n) is 4.55. The number of aromatic nitrogens is 1. The van der Waals surface area contributed by atoms with Crippen molar-refractivity contribution in [1.29, 1.82) is 0 Å². The summed E-state index contributed by atoms with van der Waals surface area (Å²) in [6.45, 7) is 2.57. The van der Waals surface area contributed by atoms with Gasteiger partial charge in [0, 0.05) is 23.5 Å². The Kier molecular flexibility index (Phi) is 3.21. The molecule has 19 heavy (non-hydrogen) atoms. The zero-order chi connectivity index (χ0) is 13.6. The van der Waals surface area contributed by atoms with Gasteiger partial charge in [-0.25, -0.2) is 8.42 Å². The summed E-state index contributed by atoms with van der Waals surface area (Å²) < 4.78 is 26.1. The molecule has 1 fully saturated rings. The van der Waals surface area contributed by atoms with Crippen molar-refractivity contribution in [3.05, 3.63) is 23.0 Å². The molecule has 1 aromatic heterocycles. The van der Waals surface area contributed by atoms with Gasteiger partial charge < -0.3 is 9.67 Å². The quantitative estimate of drug-likeness (QED) is 0.899. The second kappa shape index (κ2) is 4.63. The van der Waals surface area contributed by atoms with Crippen LogP contribution in [0.15, 0.2) is 6.07 Å².